The van der Waals surface area contributed by atoms with Crippen molar-refractivity contribution in [1.29, 1.82) is 0 Å². The minimum absolute atomic E-state index is 0. The average molecular weight is 526 g/mol. The van der Waals surface area contributed by atoms with E-state index in [-0.39, 0.29) is 24.8 Å². The highest BCUT2D eigenvalue weighted by molar-refractivity contribution is 7.22. The Morgan fingerprint density at radius 2 is 1.80 bits per heavy atom. The molecule has 0 atom stereocenters. The third kappa shape index (κ3) is 4.75. The van der Waals surface area contributed by atoms with Crippen LogP contribution in [0.2, 0.25) is 0 Å². The zero-order chi connectivity index (χ0) is 22.2. The molecule has 0 unspecified atom stereocenters. The van der Waals surface area contributed by atoms with Gasteiger partial charge in [0.15, 0.2) is 0 Å². The molecule has 1 fully saturated rings. The van der Waals surface area contributed by atoms with Crippen LogP contribution >= 0.6 is 36.2 Å². The van der Waals surface area contributed by atoms with Crippen LogP contribution in [0.15, 0.2) is 61.2 Å². The monoisotopic (exact) mass is 525 g/mol. The van der Waals surface area contributed by atoms with E-state index in [0.29, 0.717) is 11.7 Å². The Balaban J connectivity index is 0.00000144. The number of aromatic amines is 1. The molecule has 1 aromatic carbocycles. The lowest BCUT2D eigenvalue weighted by atomic mass is 9.90. The summed E-state index contributed by atoms with van der Waals surface area (Å²) >= 11 is 1.63. The summed E-state index contributed by atoms with van der Waals surface area (Å²) in [5.41, 5.74) is 13.5. The molecule has 0 saturated carbocycles. The maximum Gasteiger partial charge on any atom is 0.133 e. The fourth-order valence-electron chi connectivity index (χ4n) is 4.55. The number of thiazole rings is 1. The zero-order valence-corrected chi connectivity index (χ0v) is 21.2. The number of aromatic nitrogens is 5. The van der Waals surface area contributed by atoms with E-state index in [1.165, 1.54) is 0 Å². The number of halogens is 2. The first-order valence-corrected chi connectivity index (χ1v) is 11.9. The first-order valence-electron chi connectivity index (χ1n) is 11.1. The van der Waals surface area contributed by atoms with Gasteiger partial charge in [-0.05, 0) is 44.1 Å². The number of nitrogen functional groups attached to an aromatic ring is 1. The van der Waals surface area contributed by atoms with Crippen LogP contribution in [0, 0.1) is 0 Å². The van der Waals surface area contributed by atoms with Crippen molar-refractivity contribution in [3.8, 4) is 32.8 Å². The van der Waals surface area contributed by atoms with E-state index >= 15 is 0 Å². The molecule has 4 N–H and O–H groups in total. The Hall–Kier alpha value is -3.04. The highest BCUT2D eigenvalue weighted by Crippen LogP contribution is 2.40. The summed E-state index contributed by atoms with van der Waals surface area (Å²) in [6, 6.07) is 12.3. The fraction of sp³-hybridized carbons (Fsp3) is 0.200. The second kappa shape index (κ2) is 10.7. The quantitative estimate of drug-likeness (QED) is 0.277. The SMILES string of the molecule is Cl.Cl.Nc1ncc(-c2c[nH]nc2C2CCNCC2)cc1-c1nc2cccc(-c3cccnc3)c2s1. The minimum atomic E-state index is 0. The summed E-state index contributed by atoms with van der Waals surface area (Å²) < 4.78 is 1.11. The number of benzene rings is 1. The molecular weight excluding hydrogens is 501 g/mol. The van der Waals surface area contributed by atoms with Crippen molar-refractivity contribution in [1.82, 2.24) is 30.5 Å². The van der Waals surface area contributed by atoms with Gasteiger partial charge in [-0.3, -0.25) is 10.1 Å². The summed E-state index contributed by atoms with van der Waals surface area (Å²) in [5.74, 6) is 0.922. The number of pyridine rings is 2. The number of rotatable bonds is 4. The molecule has 5 aromatic rings. The predicted octanol–water partition coefficient (Wildman–Crippen LogP) is 5.70. The van der Waals surface area contributed by atoms with Crippen LogP contribution in [0.5, 0.6) is 0 Å². The number of H-pyrrole nitrogens is 1. The van der Waals surface area contributed by atoms with Crippen molar-refractivity contribution in [2.75, 3.05) is 18.8 Å². The van der Waals surface area contributed by atoms with E-state index in [0.717, 1.165) is 74.7 Å². The van der Waals surface area contributed by atoms with Gasteiger partial charge in [-0.15, -0.1) is 36.2 Å². The van der Waals surface area contributed by atoms with Crippen molar-refractivity contribution < 1.29 is 0 Å². The number of nitrogens with two attached hydrogens (primary N) is 1. The van der Waals surface area contributed by atoms with E-state index in [1.807, 2.05) is 36.8 Å². The molecule has 10 heteroatoms. The Labute approximate surface area is 219 Å². The molecule has 1 aliphatic rings. The Kier molecular flexibility index (Phi) is 7.66. The van der Waals surface area contributed by atoms with Crippen molar-refractivity contribution in [3.63, 3.8) is 0 Å². The molecule has 0 radical (unpaired) electrons. The first kappa shape index (κ1) is 25.1. The van der Waals surface area contributed by atoms with Crippen LogP contribution in [-0.2, 0) is 0 Å². The predicted molar refractivity (Wildman–Crippen MR) is 147 cm³/mol. The summed E-state index contributed by atoms with van der Waals surface area (Å²) in [6.45, 7) is 2.04. The van der Waals surface area contributed by atoms with Crippen LogP contribution in [0.25, 0.3) is 43.0 Å². The van der Waals surface area contributed by atoms with E-state index in [4.69, 9.17) is 10.7 Å². The number of nitrogens with one attached hydrogen (secondary N) is 2. The molecule has 35 heavy (non-hydrogen) atoms. The van der Waals surface area contributed by atoms with Crippen molar-refractivity contribution in [3.05, 3.63) is 66.9 Å². The average Bonchev–Trinajstić information content (AvgIpc) is 3.53. The molecule has 5 heterocycles. The lowest BCUT2D eigenvalue weighted by molar-refractivity contribution is 0.453. The summed E-state index contributed by atoms with van der Waals surface area (Å²) in [6.07, 6.45) is 9.64. The molecule has 1 saturated heterocycles. The summed E-state index contributed by atoms with van der Waals surface area (Å²) in [4.78, 5) is 13.7. The van der Waals surface area contributed by atoms with Gasteiger partial charge in [0.2, 0.25) is 0 Å². The molecule has 0 spiro atoms. The second-order valence-electron chi connectivity index (χ2n) is 8.28. The third-order valence-corrected chi connectivity index (χ3v) is 7.38. The number of anilines is 1. The highest BCUT2D eigenvalue weighted by Gasteiger charge is 2.22. The lowest BCUT2D eigenvalue weighted by Gasteiger charge is -2.22. The van der Waals surface area contributed by atoms with Crippen molar-refractivity contribution in [2.24, 2.45) is 0 Å². The standard InChI is InChI=1S/C25H23N7S.2ClH/c26-24-19(11-17(13-29-24)20-14-30-32-22(20)15-6-9-27-10-7-15)25-31-21-5-1-4-18(23(21)33-25)16-3-2-8-28-12-16;;/h1-5,8,11-15,27H,6-7,9-10H2,(H2,26,29)(H,30,32);2*1H. The largest absolute Gasteiger partial charge is 0.383 e. The number of hydrogen-bond donors (Lipinski definition) is 3. The van der Waals surface area contributed by atoms with E-state index < -0.39 is 0 Å². The Morgan fingerprint density at radius 3 is 2.60 bits per heavy atom. The molecule has 7 nitrogen and oxygen atoms in total. The van der Waals surface area contributed by atoms with Gasteiger partial charge in [-0.1, -0.05) is 18.2 Å². The van der Waals surface area contributed by atoms with Gasteiger partial charge >= 0.3 is 0 Å². The van der Waals surface area contributed by atoms with Crippen molar-refractivity contribution in [2.45, 2.75) is 18.8 Å². The first-order chi connectivity index (χ1) is 16.3. The van der Waals surface area contributed by atoms with Crippen LogP contribution in [0.4, 0.5) is 5.82 Å². The molecular formula is C25H25Cl2N7S. The van der Waals surface area contributed by atoms with Crippen LogP contribution in [-0.4, -0.2) is 38.2 Å². The van der Waals surface area contributed by atoms with Crippen LogP contribution in [0.3, 0.4) is 0 Å². The molecule has 0 aliphatic carbocycles. The van der Waals surface area contributed by atoms with Gasteiger partial charge in [-0.2, -0.15) is 5.10 Å². The molecule has 4 aromatic heterocycles. The van der Waals surface area contributed by atoms with Gasteiger partial charge in [0.05, 0.1) is 21.5 Å². The zero-order valence-electron chi connectivity index (χ0n) is 18.8. The maximum atomic E-state index is 6.34. The number of fused-ring (bicyclic) bond motifs is 1. The molecule has 6 rings (SSSR count). The van der Waals surface area contributed by atoms with E-state index in [2.05, 4.69) is 43.7 Å². The van der Waals surface area contributed by atoms with Gasteiger partial charge < -0.3 is 11.1 Å². The molecule has 0 amide bonds. The maximum absolute atomic E-state index is 6.34. The topological polar surface area (TPSA) is 105 Å². The lowest BCUT2D eigenvalue weighted by Crippen LogP contribution is -2.27. The number of hydrogen-bond acceptors (Lipinski definition) is 7. The fourth-order valence-corrected chi connectivity index (χ4v) is 5.67. The Bertz CT molecular complexity index is 1430. The van der Waals surface area contributed by atoms with E-state index in [1.54, 1.807) is 17.5 Å². The number of piperidine rings is 1. The molecule has 180 valence electrons. The molecule has 1 aliphatic heterocycles. The van der Waals surface area contributed by atoms with Gasteiger partial charge in [-0.25, -0.2) is 9.97 Å². The molecule has 0 bridgehead atoms. The van der Waals surface area contributed by atoms with Gasteiger partial charge in [0.1, 0.15) is 10.8 Å². The van der Waals surface area contributed by atoms with Crippen LogP contribution < -0.4 is 11.1 Å². The highest BCUT2D eigenvalue weighted by atomic mass is 35.5. The second-order valence-corrected chi connectivity index (χ2v) is 9.28. The van der Waals surface area contributed by atoms with Crippen LogP contribution in [0.1, 0.15) is 24.5 Å². The Morgan fingerprint density at radius 1 is 0.943 bits per heavy atom. The normalized spacial score (nSPS) is 13.8. The third-order valence-electron chi connectivity index (χ3n) is 6.24. The van der Waals surface area contributed by atoms with E-state index in [9.17, 15) is 0 Å². The van der Waals surface area contributed by atoms with Crippen molar-refractivity contribution >= 4 is 52.2 Å². The van der Waals surface area contributed by atoms with Gasteiger partial charge in [0.25, 0.3) is 0 Å². The number of nitrogens with zero attached hydrogens (tertiary/aromatic N) is 4. The minimum Gasteiger partial charge on any atom is -0.383 e. The summed E-state index contributed by atoms with van der Waals surface area (Å²) in [5, 5.41) is 11.9. The smallest absolute Gasteiger partial charge is 0.133 e. The summed E-state index contributed by atoms with van der Waals surface area (Å²) in [7, 11) is 0. The van der Waals surface area contributed by atoms with Gasteiger partial charge in [0, 0.05) is 53.0 Å².